The lowest BCUT2D eigenvalue weighted by Crippen LogP contribution is -2.06. The standard InChI is InChI=1S/C24H20ClN5O2/c1-31-18-10-11-21(32-2)16(13-18)14-26-23-19-8-3-4-9-20(19)30-24(27-23)22(28-29-30)15-6-5-7-17(25)12-15/h3-13H,14H2,1-2H3,(H,26,27). The Morgan fingerprint density at radius 2 is 1.84 bits per heavy atom. The lowest BCUT2D eigenvalue weighted by molar-refractivity contribution is 0.399. The van der Waals surface area contributed by atoms with Gasteiger partial charge in [-0.05, 0) is 42.5 Å². The Balaban J connectivity index is 1.62. The summed E-state index contributed by atoms with van der Waals surface area (Å²) in [4.78, 5) is 4.89. The van der Waals surface area contributed by atoms with E-state index in [0.29, 0.717) is 22.9 Å². The summed E-state index contributed by atoms with van der Waals surface area (Å²) in [6.07, 6.45) is 0. The first kappa shape index (κ1) is 20.1. The summed E-state index contributed by atoms with van der Waals surface area (Å²) in [6, 6.07) is 21.2. The van der Waals surface area contributed by atoms with Crippen molar-refractivity contribution < 1.29 is 9.47 Å². The van der Waals surface area contributed by atoms with Crippen LogP contribution in [-0.2, 0) is 6.54 Å². The molecular formula is C24H20ClN5O2. The Bertz CT molecular complexity index is 1430. The zero-order valence-electron chi connectivity index (χ0n) is 17.5. The number of fused-ring (bicyclic) bond motifs is 3. The van der Waals surface area contributed by atoms with Crippen molar-refractivity contribution >= 4 is 34.0 Å². The van der Waals surface area contributed by atoms with Gasteiger partial charge in [-0.3, -0.25) is 0 Å². The number of rotatable bonds is 6. The predicted molar refractivity (Wildman–Crippen MR) is 126 cm³/mol. The SMILES string of the molecule is COc1ccc(OC)c(CNc2nc3c(-c4cccc(Cl)c4)nnn3c3ccccc23)c1. The molecule has 1 N–H and O–H groups in total. The van der Waals surface area contributed by atoms with Crippen molar-refractivity contribution in [2.45, 2.75) is 6.54 Å². The Morgan fingerprint density at radius 3 is 2.66 bits per heavy atom. The molecule has 0 atom stereocenters. The molecule has 5 rings (SSSR count). The van der Waals surface area contributed by atoms with Gasteiger partial charge < -0.3 is 14.8 Å². The molecule has 0 saturated carbocycles. The smallest absolute Gasteiger partial charge is 0.186 e. The van der Waals surface area contributed by atoms with Crippen LogP contribution in [0.25, 0.3) is 27.8 Å². The van der Waals surface area contributed by atoms with Gasteiger partial charge >= 0.3 is 0 Å². The number of nitrogens with zero attached hydrogens (tertiary/aromatic N) is 4. The van der Waals surface area contributed by atoms with Crippen molar-refractivity contribution in [1.82, 2.24) is 19.8 Å². The molecule has 0 spiro atoms. The quantitative estimate of drug-likeness (QED) is 0.386. The molecule has 160 valence electrons. The molecule has 0 aliphatic rings. The average molecular weight is 446 g/mol. The molecule has 0 unspecified atom stereocenters. The van der Waals surface area contributed by atoms with E-state index >= 15 is 0 Å². The molecule has 32 heavy (non-hydrogen) atoms. The van der Waals surface area contributed by atoms with E-state index in [1.165, 1.54) is 0 Å². The molecule has 5 aromatic rings. The lowest BCUT2D eigenvalue weighted by atomic mass is 10.1. The van der Waals surface area contributed by atoms with Gasteiger partial charge in [0.1, 0.15) is 23.0 Å². The molecule has 0 radical (unpaired) electrons. The molecule has 0 saturated heterocycles. The molecule has 0 bridgehead atoms. The van der Waals surface area contributed by atoms with E-state index < -0.39 is 0 Å². The van der Waals surface area contributed by atoms with Gasteiger partial charge in [-0.25, -0.2) is 4.98 Å². The summed E-state index contributed by atoms with van der Waals surface area (Å²) in [7, 11) is 3.30. The van der Waals surface area contributed by atoms with E-state index in [0.717, 1.165) is 39.3 Å². The summed E-state index contributed by atoms with van der Waals surface area (Å²) in [5, 5.41) is 13.8. The third-order valence-corrected chi connectivity index (χ3v) is 5.52. The van der Waals surface area contributed by atoms with Crippen molar-refractivity contribution in [3.8, 4) is 22.8 Å². The zero-order chi connectivity index (χ0) is 22.1. The van der Waals surface area contributed by atoms with Gasteiger partial charge in [0.2, 0.25) is 0 Å². The Hall–Kier alpha value is -3.84. The number of aromatic nitrogens is 4. The fourth-order valence-electron chi connectivity index (χ4n) is 3.72. The van der Waals surface area contributed by atoms with Crippen LogP contribution in [0.3, 0.4) is 0 Å². The summed E-state index contributed by atoms with van der Waals surface area (Å²) in [6.45, 7) is 0.502. The van der Waals surface area contributed by atoms with Crippen LogP contribution in [0.4, 0.5) is 5.82 Å². The number of methoxy groups -OCH3 is 2. The monoisotopic (exact) mass is 445 g/mol. The van der Waals surface area contributed by atoms with Crippen molar-refractivity contribution in [1.29, 1.82) is 0 Å². The maximum atomic E-state index is 6.20. The van der Waals surface area contributed by atoms with Crippen LogP contribution in [0.15, 0.2) is 66.7 Å². The Labute approximate surface area is 189 Å². The minimum atomic E-state index is 0.502. The van der Waals surface area contributed by atoms with Gasteiger partial charge in [0, 0.05) is 28.1 Å². The van der Waals surface area contributed by atoms with E-state index in [1.54, 1.807) is 18.7 Å². The number of anilines is 1. The summed E-state index contributed by atoms with van der Waals surface area (Å²) < 4.78 is 12.6. The second-order valence-corrected chi connectivity index (χ2v) is 7.63. The second kappa shape index (κ2) is 8.36. The van der Waals surface area contributed by atoms with Crippen LogP contribution in [0.1, 0.15) is 5.56 Å². The molecule has 2 aromatic heterocycles. The van der Waals surface area contributed by atoms with E-state index in [4.69, 9.17) is 26.1 Å². The highest BCUT2D eigenvalue weighted by molar-refractivity contribution is 6.30. The largest absolute Gasteiger partial charge is 0.497 e. The second-order valence-electron chi connectivity index (χ2n) is 7.19. The van der Waals surface area contributed by atoms with Gasteiger partial charge in [-0.1, -0.05) is 41.1 Å². The highest BCUT2D eigenvalue weighted by Crippen LogP contribution is 2.30. The molecule has 0 aliphatic heterocycles. The third-order valence-electron chi connectivity index (χ3n) is 5.28. The molecule has 3 aromatic carbocycles. The number of hydrogen-bond donors (Lipinski definition) is 1. The van der Waals surface area contributed by atoms with Crippen LogP contribution in [-0.4, -0.2) is 34.0 Å². The van der Waals surface area contributed by atoms with Gasteiger partial charge in [-0.2, -0.15) is 4.52 Å². The van der Waals surface area contributed by atoms with Crippen LogP contribution in [0.2, 0.25) is 5.02 Å². The fourth-order valence-corrected chi connectivity index (χ4v) is 3.91. The molecule has 0 aliphatic carbocycles. The van der Waals surface area contributed by atoms with E-state index in [9.17, 15) is 0 Å². The first-order chi connectivity index (χ1) is 15.7. The van der Waals surface area contributed by atoms with Crippen molar-refractivity contribution in [2.75, 3.05) is 19.5 Å². The van der Waals surface area contributed by atoms with Crippen molar-refractivity contribution in [2.24, 2.45) is 0 Å². The summed E-state index contributed by atoms with van der Waals surface area (Å²) >= 11 is 6.20. The zero-order valence-corrected chi connectivity index (χ0v) is 18.3. The first-order valence-corrected chi connectivity index (χ1v) is 10.4. The number of nitrogens with one attached hydrogen (secondary N) is 1. The summed E-state index contributed by atoms with van der Waals surface area (Å²) in [5.74, 6) is 2.26. The van der Waals surface area contributed by atoms with Gasteiger partial charge in [0.25, 0.3) is 0 Å². The molecular weight excluding hydrogens is 426 g/mol. The summed E-state index contributed by atoms with van der Waals surface area (Å²) in [5.41, 5.74) is 4.03. The Morgan fingerprint density at radius 1 is 0.969 bits per heavy atom. The molecule has 0 fully saturated rings. The van der Waals surface area contributed by atoms with E-state index in [2.05, 4.69) is 15.6 Å². The minimum absolute atomic E-state index is 0.502. The van der Waals surface area contributed by atoms with E-state index in [-0.39, 0.29) is 0 Å². The average Bonchev–Trinajstić information content (AvgIpc) is 3.26. The topological polar surface area (TPSA) is 73.6 Å². The number of benzene rings is 3. The normalized spacial score (nSPS) is 11.1. The van der Waals surface area contributed by atoms with Crippen molar-refractivity contribution in [3.63, 3.8) is 0 Å². The van der Waals surface area contributed by atoms with Gasteiger partial charge in [0.15, 0.2) is 5.65 Å². The van der Waals surface area contributed by atoms with Crippen LogP contribution in [0, 0.1) is 0 Å². The maximum absolute atomic E-state index is 6.20. The molecule has 0 amide bonds. The van der Waals surface area contributed by atoms with Gasteiger partial charge in [0.05, 0.1) is 19.7 Å². The molecule has 8 heteroatoms. The highest BCUT2D eigenvalue weighted by atomic mass is 35.5. The Kier molecular flexibility index (Phi) is 5.25. The van der Waals surface area contributed by atoms with Crippen LogP contribution in [0.5, 0.6) is 11.5 Å². The predicted octanol–water partition coefficient (Wildman–Crippen LogP) is 5.23. The molecule has 7 nitrogen and oxygen atoms in total. The number of halogens is 1. The fraction of sp³-hybridized carbons (Fsp3) is 0.125. The highest BCUT2D eigenvalue weighted by Gasteiger charge is 2.16. The van der Waals surface area contributed by atoms with E-state index in [1.807, 2.05) is 66.7 Å². The van der Waals surface area contributed by atoms with Gasteiger partial charge in [-0.15, -0.1) is 5.10 Å². The minimum Gasteiger partial charge on any atom is -0.497 e. The maximum Gasteiger partial charge on any atom is 0.186 e. The van der Waals surface area contributed by atoms with Crippen molar-refractivity contribution in [3.05, 3.63) is 77.3 Å². The third kappa shape index (κ3) is 3.56. The number of ether oxygens (including phenoxy) is 2. The number of hydrogen-bond acceptors (Lipinski definition) is 6. The first-order valence-electron chi connectivity index (χ1n) is 10.0. The lowest BCUT2D eigenvalue weighted by Gasteiger charge is -2.13. The van der Waals surface area contributed by atoms with Crippen LogP contribution < -0.4 is 14.8 Å². The molecule has 2 heterocycles. The number of para-hydroxylation sites is 1. The van der Waals surface area contributed by atoms with Crippen LogP contribution >= 0.6 is 11.6 Å².